The fourth-order valence-electron chi connectivity index (χ4n) is 4.15. The van der Waals surface area contributed by atoms with Crippen molar-refractivity contribution in [2.75, 3.05) is 13.7 Å². The van der Waals surface area contributed by atoms with E-state index in [2.05, 4.69) is 4.98 Å². The number of carbonyl (C=O) groups is 1. The van der Waals surface area contributed by atoms with E-state index in [1.807, 2.05) is 18.2 Å². The van der Waals surface area contributed by atoms with Crippen molar-refractivity contribution in [3.8, 4) is 5.75 Å². The fourth-order valence-corrected chi connectivity index (χ4v) is 4.15. The molecule has 0 radical (unpaired) electrons. The zero-order valence-corrected chi connectivity index (χ0v) is 15.8. The summed E-state index contributed by atoms with van der Waals surface area (Å²) < 4.78 is 24.3. The van der Waals surface area contributed by atoms with E-state index in [0.717, 1.165) is 33.5 Å². The molecular formula is C23H19FN2O3. The van der Waals surface area contributed by atoms with Gasteiger partial charge in [0.25, 0.3) is 5.91 Å². The third kappa shape index (κ3) is 2.88. The highest BCUT2D eigenvalue weighted by Gasteiger charge is 2.35. The quantitative estimate of drug-likeness (QED) is 0.552. The number of halogens is 1. The predicted octanol–water partition coefficient (Wildman–Crippen LogP) is 4.70. The summed E-state index contributed by atoms with van der Waals surface area (Å²) in [5, 5.41) is 1.08. The second-order valence-corrected chi connectivity index (χ2v) is 7.11. The van der Waals surface area contributed by atoms with Gasteiger partial charge in [0.15, 0.2) is 5.76 Å². The molecule has 0 unspecified atom stereocenters. The molecule has 1 atom stereocenters. The van der Waals surface area contributed by atoms with E-state index in [4.69, 9.17) is 9.15 Å². The average molecular weight is 390 g/mol. The summed E-state index contributed by atoms with van der Waals surface area (Å²) in [5.41, 5.74) is 3.91. The van der Waals surface area contributed by atoms with E-state index in [-0.39, 0.29) is 17.8 Å². The van der Waals surface area contributed by atoms with Crippen LogP contribution in [0.3, 0.4) is 0 Å². The van der Waals surface area contributed by atoms with Crippen LogP contribution in [0.4, 0.5) is 4.39 Å². The molecule has 0 saturated carbocycles. The summed E-state index contributed by atoms with van der Waals surface area (Å²) in [7, 11) is 1.64. The second-order valence-electron chi connectivity index (χ2n) is 7.11. The van der Waals surface area contributed by atoms with Crippen molar-refractivity contribution < 1.29 is 18.3 Å². The molecule has 1 aliphatic rings. The van der Waals surface area contributed by atoms with Gasteiger partial charge in [0.05, 0.1) is 19.4 Å². The molecule has 0 bridgehead atoms. The maximum Gasteiger partial charge on any atom is 0.290 e. The molecule has 1 aliphatic heterocycles. The lowest BCUT2D eigenvalue weighted by molar-refractivity contribution is 0.0659. The van der Waals surface area contributed by atoms with Gasteiger partial charge in [-0.25, -0.2) is 4.39 Å². The first-order chi connectivity index (χ1) is 14.2. The number of benzene rings is 2. The van der Waals surface area contributed by atoms with E-state index >= 15 is 0 Å². The first-order valence-corrected chi connectivity index (χ1v) is 9.44. The largest absolute Gasteiger partial charge is 0.497 e. The molecule has 1 amide bonds. The summed E-state index contributed by atoms with van der Waals surface area (Å²) in [6.45, 7) is 0.527. The lowest BCUT2D eigenvalue weighted by Gasteiger charge is -2.35. The van der Waals surface area contributed by atoms with Gasteiger partial charge in [0, 0.05) is 23.1 Å². The van der Waals surface area contributed by atoms with Crippen LogP contribution in [0.15, 0.2) is 65.3 Å². The number of H-pyrrole nitrogens is 1. The summed E-state index contributed by atoms with van der Waals surface area (Å²) in [6, 6.07) is 15.2. The van der Waals surface area contributed by atoms with Crippen LogP contribution >= 0.6 is 0 Å². The Hall–Kier alpha value is -3.54. The van der Waals surface area contributed by atoms with Crippen LogP contribution in [0.25, 0.3) is 10.9 Å². The van der Waals surface area contributed by atoms with Crippen LogP contribution < -0.4 is 4.74 Å². The fraction of sp³-hybridized carbons (Fsp3) is 0.174. The molecule has 0 aliphatic carbocycles. The van der Waals surface area contributed by atoms with Crippen molar-refractivity contribution >= 4 is 16.8 Å². The van der Waals surface area contributed by atoms with Gasteiger partial charge in [-0.2, -0.15) is 0 Å². The zero-order chi connectivity index (χ0) is 20.0. The number of furan rings is 1. The van der Waals surface area contributed by atoms with E-state index in [0.29, 0.717) is 18.7 Å². The van der Waals surface area contributed by atoms with Gasteiger partial charge in [-0.3, -0.25) is 4.79 Å². The predicted molar refractivity (Wildman–Crippen MR) is 107 cm³/mol. The Kier molecular flexibility index (Phi) is 4.12. The minimum atomic E-state index is -0.365. The van der Waals surface area contributed by atoms with E-state index in [1.54, 1.807) is 36.3 Å². The summed E-state index contributed by atoms with van der Waals surface area (Å²) >= 11 is 0. The van der Waals surface area contributed by atoms with Gasteiger partial charge in [-0.1, -0.05) is 12.1 Å². The SMILES string of the molecule is COc1ccc2[nH]c3c(c2c1)CCN(C(=O)c1ccco1)[C@H]3c1ccc(F)cc1. The van der Waals surface area contributed by atoms with Crippen LogP contribution in [-0.2, 0) is 6.42 Å². The van der Waals surface area contributed by atoms with Crippen LogP contribution in [0, 0.1) is 5.82 Å². The maximum atomic E-state index is 13.6. The molecule has 0 saturated heterocycles. The topological polar surface area (TPSA) is 58.5 Å². The molecule has 4 aromatic rings. The van der Waals surface area contributed by atoms with Crippen LogP contribution in [0.1, 0.15) is 33.4 Å². The number of rotatable bonds is 3. The Bertz CT molecular complexity index is 1180. The number of aromatic nitrogens is 1. The molecule has 0 fully saturated rings. The van der Waals surface area contributed by atoms with E-state index in [9.17, 15) is 9.18 Å². The Balaban J connectivity index is 1.68. The first kappa shape index (κ1) is 17.6. The number of amides is 1. The van der Waals surface area contributed by atoms with Crippen LogP contribution in [-0.4, -0.2) is 29.4 Å². The summed E-state index contributed by atoms with van der Waals surface area (Å²) in [5.74, 6) is 0.575. The first-order valence-electron chi connectivity index (χ1n) is 9.44. The van der Waals surface area contributed by atoms with Gasteiger partial charge in [0.2, 0.25) is 0 Å². The normalized spacial score (nSPS) is 16.1. The summed E-state index contributed by atoms with van der Waals surface area (Å²) in [6.07, 6.45) is 2.19. The Labute approximate surface area is 166 Å². The van der Waals surface area contributed by atoms with Gasteiger partial charge in [-0.15, -0.1) is 0 Å². The molecule has 6 heteroatoms. The molecule has 2 aromatic carbocycles. The van der Waals surface area contributed by atoms with E-state index in [1.165, 1.54) is 18.4 Å². The van der Waals surface area contributed by atoms with Crippen molar-refractivity contribution in [2.24, 2.45) is 0 Å². The Morgan fingerprint density at radius 2 is 2.03 bits per heavy atom. The number of carbonyl (C=O) groups excluding carboxylic acids is 1. The van der Waals surface area contributed by atoms with Crippen molar-refractivity contribution in [1.82, 2.24) is 9.88 Å². The number of aromatic amines is 1. The van der Waals surface area contributed by atoms with Gasteiger partial charge in [-0.05, 0) is 60.0 Å². The molecule has 0 spiro atoms. The molecule has 146 valence electrons. The number of hydrogen-bond donors (Lipinski definition) is 1. The minimum Gasteiger partial charge on any atom is -0.497 e. The molecule has 5 rings (SSSR count). The Morgan fingerprint density at radius 3 is 2.76 bits per heavy atom. The highest BCUT2D eigenvalue weighted by molar-refractivity contribution is 5.93. The number of fused-ring (bicyclic) bond motifs is 3. The number of nitrogens with one attached hydrogen (secondary N) is 1. The maximum absolute atomic E-state index is 13.6. The van der Waals surface area contributed by atoms with Gasteiger partial charge >= 0.3 is 0 Å². The van der Waals surface area contributed by atoms with Crippen molar-refractivity contribution in [3.05, 3.63) is 89.3 Å². The number of methoxy groups -OCH3 is 1. The molecule has 29 heavy (non-hydrogen) atoms. The lowest BCUT2D eigenvalue weighted by Crippen LogP contribution is -2.40. The van der Waals surface area contributed by atoms with Crippen molar-refractivity contribution in [2.45, 2.75) is 12.5 Å². The molecular weight excluding hydrogens is 371 g/mol. The number of hydrogen-bond acceptors (Lipinski definition) is 3. The third-order valence-corrected chi connectivity index (χ3v) is 5.51. The van der Waals surface area contributed by atoms with Gasteiger partial charge < -0.3 is 19.0 Å². The molecule has 5 nitrogen and oxygen atoms in total. The average Bonchev–Trinajstić information content (AvgIpc) is 3.41. The standard InChI is InChI=1S/C23H19FN2O3/c1-28-16-8-9-19-18(13-16)17-10-11-26(23(27)20-3-2-12-29-20)22(21(17)25-19)14-4-6-15(24)7-5-14/h2-9,12-13,22,25H,10-11H2,1H3/t22-/m0/s1. The van der Waals surface area contributed by atoms with Gasteiger partial charge in [0.1, 0.15) is 11.6 Å². The smallest absolute Gasteiger partial charge is 0.290 e. The molecule has 2 aromatic heterocycles. The zero-order valence-electron chi connectivity index (χ0n) is 15.8. The minimum absolute atomic E-state index is 0.189. The van der Waals surface area contributed by atoms with Crippen LogP contribution in [0.5, 0.6) is 5.75 Å². The highest BCUT2D eigenvalue weighted by Crippen LogP contribution is 2.40. The number of ether oxygens (including phenoxy) is 1. The van der Waals surface area contributed by atoms with Crippen LogP contribution in [0.2, 0.25) is 0 Å². The van der Waals surface area contributed by atoms with Crippen molar-refractivity contribution in [1.29, 1.82) is 0 Å². The Morgan fingerprint density at radius 1 is 1.21 bits per heavy atom. The summed E-state index contributed by atoms with van der Waals surface area (Å²) in [4.78, 5) is 18.4. The highest BCUT2D eigenvalue weighted by atomic mass is 19.1. The molecule has 3 heterocycles. The third-order valence-electron chi connectivity index (χ3n) is 5.51. The second kappa shape index (κ2) is 6.81. The monoisotopic (exact) mass is 390 g/mol. The lowest BCUT2D eigenvalue weighted by atomic mass is 9.92. The number of nitrogens with zero attached hydrogens (tertiary/aromatic N) is 1. The molecule has 1 N–H and O–H groups in total. The van der Waals surface area contributed by atoms with E-state index < -0.39 is 0 Å². The van der Waals surface area contributed by atoms with Crippen molar-refractivity contribution in [3.63, 3.8) is 0 Å².